The molecule has 4 fully saturated rings. The third-order valence-electron chi connectivity index (χ3n) is 12.3. The quantitative estimate of drug-likeness (QED) is 0.117. The number of halogens is 1. The molecule has 14 heteroatoms. The molecule has 62 heavy (non-hydrogen) atoms. The van der Waals surface area contributed by atoms with E-state index in [4.69, 9.17) is 9.47 Å². The van der Waals surface area contributed by atoms with Gasteiger partial charge in [0.25, 0.3) is 0 Å². The lowest BCUT2D eigenvalue weighted by molar-refractivity contribution is 0.126. The maximum absolute atomic E-state index is 12.0. The molecule has 0 radical (unpaired) electrons. The summed E-state index contributed by atoms with van der Waals surface area (Å²) in [6, 6.07) is 23.4. The van der Waals surface area contributed by atoms with Gasteiger partial charge in [0.05, 0.1) is 21.8 Å². The largest absolute Gasteiger partial charge is 0.486 e. The Morgan fingerprint density at radius 3 is 1.60 bits per heavy atom. The predicted octanol–water partition coefficient (Wildman–Crippen LogP) is 9.28. The number of benzene rings is 3. The summed E-state index contributed by atoms with van der Waals surface area (Å²) >= 11 is 3.46. The highest BCUT2D eigenvalue weighted by atomic mass is 79.9. The lowest BCUT2D eigenvalue weighted by atomic mass is 10.1. The molecule has 0 amide bonds. The number of hydrogen-bond acceptors (Lipinski definition) is 10. The van der Waals surface area contributed by atoms with Gasteiger partial charge >= 0.3 is 0 Å². The third-order valence-corrected chi connectivity index (χ3v) is 14.0. The summed E-state index contributed by atoms with van der Waals surface area (Å²) in [6.45, 7) is 6.94. The van der Waals surface area contributed by atoms with Gasteiger partial charge in [0.1, 0.15) is 22.7 Å². The van der Waals surface area contributed by atoms with Gasteiger partial charge in [-0.1, -0.05) is 43.8 Å². The second-order valence-corrected chi connectivity index (χ2v) is 20.0. The van der Waals surface area contributed by atoms with Crippen molar-refractivity contribution in [1.29, 1.82) is 0 Å². The van der Waals surface area contributed by atoms with E-state index in [9.17, 15) is 8.42 Å². The first-order valence-corrected chi connectivity index (χ1v) is 23.9. The highest BCUT2D eigenvalue weighted by Gasteiger charge is 2.48. The van der Waals surface area contributed by atoms with Crippen molar-refractivity contribution in [2.24, 2.45) is 0 Å². The van der Waals surface area contributed by atoms with Crippen LogP contribution in [0.25, 0.3) is 44.7 Å². The van der Waals surface area contributed by atoms with E-state index in [1.807, 2.05) is 43.0 Å². The Kier molecular flexibility index (Phi) is 11.7. The van der Waals surface area contributed by atoms with Crippen LogP contribution in [0.4, 0.5) is 0 Å². The SMILES string of the molecule is Brc1cnn2cc(-c3ccc(OC4(CN5CCCC5)CC4)cc3)cnc12.C.CS(=O)(=O)c1cccc(-c2cnn3cc(-c4ccc(OC5(CN6CCCC6)CC5)cc4)cnc23)c1. The molecule has 0 unspecified atom stereocenters. The van der Waals surface area contributed by atoms with Gasteiger partial charge in [-0.25, -0.2) is 27.4 Å². The van der Waals surface area contributed by atoms with E-state index in [2.05, 4.69) is 82.3 Å². The summed E-state index contributed by atoms with van der Waals surface area (Å²) in [5, 5.41) is 8.78. The second kappa shape index (κ2) is 17.2. The zero-order valence-electron chi connectivity index (χ0n) is 34.3. The van der Waals surface area contributed by atoms with E-state index in [1.165, 1.54) is 71.0 Å². The predicted molar refractivity (Wildman–Crippen MR) is 246 cm³/mol. The number of sulfone groups is 1. The number of likely N-dealkylation sites (tertiary alicyclic amines) is 2. The van der Waals surface area contributed by atoms with Crippen LogP contribution < -0.4 is 9.47 Å². The van der Waals surface area contributed by atoms with Crippen molar-refractivity contribution in [3.8, 4) is 44.9 Å². The molecule has 322 valence electrons. The first-order valence-electron chi connectivity index (χ1n) is 21.3. The summed E-state index contributed by atoms with van der Waals surface area (Å²) in [7, 11) is -3.29. The third kappa shape index (κ3) is 9.29. The maximum atomic E-state index is 12.0. The molecule has 0 spiro atoms. The van der Waals surface area contributed by atoms with E-state index >= 15 is 0 Å². The fourth-order valence-electron chi connectivity index (χ4n) is 8.61. The molecule has 2 aliphatic heterocycles. The smallest absolute Gasteiger partial charge is 0.175 e. The fraction of sp³-hybridized carbons (Fsp3) is 0.375. The molecular formula is C48H53BrN8O4S. The zero-order chi connectivity index (χ0) is 41.6. The van der Waals surface area contributed by atoms with Crippen LogP contribution >= 0.6 is 15.9 Å². The molecule has 3 aromatic carbocycles. The summed E-state index contributed by atoms with van der Waals surface area (Å²) in [5.74, 6) is 1.87. The van der Waals surface area contributed by atoms with Gasteiger partial charge in [-0.2, -0.15) is 10.2 Å². The summed E-state index contributed by atoms with van der Waals surface area (Å²) in [6.07, 6.45) is 22.2. The van der Waals surface area contributed by atoms with Gasteiger partial charge in [0.2, 0.25) is 0 Å². The molecule has 7 aromatic rings. The molecule has 4 aliphatic rings. The summed E-state index contributed by atoms with van der Waals surface area (Å²) in [4.78, 5) is 14.5. The van der Waals surface area contributed by atoms with Crippen molar-refractivity contribution in [3.05, 3.63) is 114 Å². The number of nitrogens with zero attached hydrogens (tertiary/aromatic N) is 8. The molecule has 0 atom stereocenters. The van der Waals surface area contributed by atoms with Crippen LogP contribution in [0.3, 0.4) is 0 Å². The minimum absolute atomic E-state index is 0. The van der Waals surface area contributed by atoms with Crippen molar-refractivity contribution >= 4 is 37.1 Å². The lowest BCUT2D eigenvalue weighted by Gasteiger charge is -2.24. The molecule has 0 bridgehead atoms. The number of ether oxygens (including phenoxy) is 2. The molecule has 2 saturated heterocycles. The number of hydrogen-bond donors (Lipinski definition) is 0. The first kappa shape index (κ1) is 42.2. The molecule has 6 heterocycles. The van der Waals surface area contributed by atoms with Crippen LogP contribution in [0.15, 0.2) is 119 Å². The normalized spacial score (nSPS) is 18.0. The standard InChI is InChI=1S/C27H28N4O3S.C20H21BrN4O.CH4/c1-35(32,33)24-6-4-5-21(15-24)25-17-29-31-18-22(16-28-26(25)31)20-7-9-23(10-8-20)34-27(11-12-27)19-30-13-2-3-14-30;21-18-12-23-25-13-16(11-22-19(18)25)15-3-5-17(6-4-15)26-20(7-8-20)14-24-9-1-2-10-24;/h4-10,15-18H,2-3,11-14,19H2,1H3;3-6,11-13H,1-2,7-10,14H2;1H4. The lowest BCUT2D eigenvalue weighted by Crippen LogP contribution is -2.35. The topological polar surface area (TPSA) is 119 Å². The highest BCUT2D eigenvalue weighted by molar-refractivity contribution is 9.10. The Morgan fingerprint density at radius 1 is 0.613 bits per heavy atom. The van der Waals surface area contributed by atoms with Crippen molar-refractivity contribution in [2.45, 2.75) is 74.9 Å². The van der Waals surface area contributed by atoms with Gasteiger partial charge in [-0.15, -0.1) is 0 Å². The van der Waals surface area contributed by atoms with Gasteiger partial charge in [-0.05, 0) is 147 Å². The van der Waals surface area contributed by atoms with Crippen LogP contribution in [0.5, 0.6) is 11.5 Å². The Hall–Kier alpha value is -5.15. The molecule has 2 saturated carbocycles. The van der Waals surface area contributed by atoms with Crippen LogP contribution in [-0.4, -0.2) is 104 Å². The van der Waals surface area contributed by atoms with E-state index in [1.54, 1.807) is 39.6 Å². The van der Waals surface area contributed by atoms with Gasteiger partial charge in [-0.3, -0.25) is 9.80 Å². The molecule has 11 rings (SSSR count). The minimum Gasteiger partial charge on any atom is -0.486 e. The van der Waals surface area contributed by atoms with Crippen LogP contribution in [0, 0.1) is 0 Å². The first-order chi connectivity index (χ1) is 29.6. The molecule has 4 aromatic heterocycles. The average Bonchev–Trinajstić information content (AvgIpc) is 3.78. The van der Waals surface area contributed by atoms with Crippen molar-refractivity contribution < 1.29 is 17.9 Å². The van der Waals surface area contributed by atoms with Crippen molar-refractivity contribution in [1.82, 2.24) is 39.0 Å². The maximum Gasteiger partial charge on any atom is 0.175 e. The molecular weight excluding hydrogens is 865 g/mol. The van der Waals surface area contributed by atoms with Crippen molar-refractivity contribution in [3.63, 3.8) is 0 Å². The zero-order valence-corrected chi connectivity index (χ0v) is 36.7. The van der Waals surface area contributed by atoms with E-state index in [-0.39, 0.29) is 23.5 Å². The van der Waals surface area contributed by atoms with Crippen LogP contribution in [-0.2, 0) is 9.84 Å². The summed E-state index contributed by atoms with van der Waals surface area (Å²) < 4.78 is 41.1. The Morgan fingerprint density at radius 2 is 1.10 bits per heavy atom. The Labute approximate surface area is 372 Å². The average molecular weight is 918 g/mol. The molecule has 0 N–H and O–H groups in total. The summed E-state index contributed by atoms with van der Waals surface area (Å²) in [5.41, 5.74) is 7.24. The van der Waals surface area contributed by atoms with Crippen LogP contribution in [0.1, 0.15) is 58.8 Å². The Bertz CT molecular complexity index is 2790. The van der Waals surface area contributed by atoms with Crippen molar-refractivity contribution in [2.75, 3.05) is 45.5 Å². The monoisotopic (exact) mass is 916 g/mol. The number of rotatable bonds is 12. The highest BCUT2D eigenvalue weighted by Crippen LogP contribution is 2.43. The van der Waals surface area contributed by atoms with Gasteiger partial charge in [0, 0.05) is 60.8 Å². The van der Waals surface area contributed by atoms with E-state index in [0.29, 0.717) is 5.65 Å². The fourth-order valence-corrected chi connectivity index (χ4v) is 9.65. The minimum atomic E-state index is -3.29. The van der Waals surface area contributed by atoms with Gasteiger partial charge in [0.15, 0.2) is 21.1 Å². The second-order valence-electron chi connectivity index (χ2n) is 17.2. The molecule has 2 aliphatic carbocycles. The Balaban J connectivity index is 0.000000162. The van der Waals surface area contributed by atoms with E-state index in [0.717, 1.165) is 80.9 Å². The van der Waals surface area contributed by atoms with Crippen LogP contribution in [0.2, 0.25) is 0 Å². The van der Waals surface area contributed by atoms with E-state index < -0.39 is 9.84 Å². The molecule has 12 nitrogen and oxygen atoms in total. The van der Waals surface area contributed by atoms with Gasteiger partial charge < -0.3 is 9.47 Å². The number of fused-ring (bicyclic) bond motifs is 2. The number of aromatic nitrogens is 6.